The maximum absolute atomic E-state index is 14.6. The first-order valence-corrected chi connectivity index (χ1v) is 12.7. The Bertz CT molecular complexity index is 1170. The van der Waals surface area contributed by atoms with Gasteiger partial charge in [-0.1, -0.05) is 50.6 Å². The first kappa shape index (κ1) is 25.7. The molecule has 3 aromatic rings. The number of anilines is 3. The van der Waals surface area contributed by atoms with Crippen LogP contribution in [0.5, 0.6) is 0 Å². The second kappa shape index (κ2) is 12.1. The molecule has 36 heavy (non-hydrogen) atoms. The Balaban J connectivity index is 1.58. The highest BCUT2D eigenvalue weighted by atomic mass is 19.1. The fourth-order valence-corrected chi connectivity index (χ4v) is 4.58. The first-order valence-electron chi connectivity index (χ1n) is 12.7. The molecule has 1 saturated heterocycles. The lowest BCUT2D eigenvalue weighted by atomic mass is 9.99. The number of Topliss-reactive ketones (excluding diaryl/α,β-unsaturated/α-hetero) is 1. The summed E-state index contributed by atoms with van der Waals surface area (Å²) in [4.78, 5) is 24.6. The zero-order valence-electron chi connectivity index (χ0n) is 20.9. The molecule has 4 rings (SSSR count). The van der Waals surface area contributed by atoms with Crippen molar-refractivity contribution in [3.05, 3.63) is 77.2 Å². The second-order valence-corrected chi connectivity index (χ2v) is 9.13. The van der Waals surface area contributed by atoms with Crippen molar-refractivity contribution in [1.29, 1.82) is 0 Å². The number of aliphatic hydroxyl groups is 1. The Kier molecular flexibility index (Phi) is 8.61. The smallest absolute Gasteiger partial charge is 0.229 e. The predicted molar refractivity (Wildman–Crippen MR) is 140 cm³/mol. The van der Waals surface area contributed by atoms with Crippen LogP contribution in [0.15, 0.2) is 54.6 Å². The average molecular weight is 492 g/mol. The molecule has 3 N–H and O–H groups in total. The number of likely N-dealkylation sites (N-methyl/N-ethyl adjacent to an activating group) is 1. The number of nitrogens with one attached hydrogen (secondary N) is 2. The number of hydrogen-bond donors (Lipinski definition) is 3. The molecule has 0 amide bonds. The minimum atomic E-state index is -1.45. The van der Waals surface area contributed by atoms with Crippen LogP contribution in [-0.4, -0.2) is 46.5 Å². The molecule has 0 saturated carbocycles. The number of carbonyl (C=O) groups is 1. The molecule has 0 bridgehead atoms. The quantitative estimate of drug-likeness (QED) is 0.351. The number of rotatable bonds is 10. The topological polar surface area (TPSA) is 90.4 Å². The molecule has 2 atom stereocenters. The largest absolute Gasteiger partial charge is 0.380 e. The summed E-state index contributed by atoms with van der Waals surface area (Å²) in [5.74, 6) is -0.136. The van der Waals surface area contributed by atoms with Gasteiger partial charge in [0.05, 0.1) is 5.56 Å². The van der Waals surface area contributed by atoms with Crippen molar-refractivity contribution in [3.63, 3.8) is 0 Å². The van der Waals surface area contributed by atoms with E-state index in [9.17, 15) is 14.3 Å². The number of hydrogen-bond acceptors (Lipinski definition) is 7. The lowest BCUT2D eigenvalue weighted by molar-refractivity contribution is 0.0743. The van der Waals surface area contributed by atoms with Gasteiger partial charge in [0.25, 0.3) is 0 Å². The van der Waals surface area contributed by atoms with Gasteiger partial charge in [-0.15, -0.1) is 0 Å². The van der Waals surface area contributed by atoms with Gasteiger partial charge in [-0.2, -0.15) is 4.98 Å². The number of aliphatic hydroxyl groups excluding tert-OH is 1. The van der Waals surface area contributed by atoms with E-state index in [1.165, 1.54) is 12.1 Å². The van der Waals surface area contributed by atoms with E-state index in [2.05, 4.69) is 34.4 Å². The summed E-state index contributed by atoms with van der Waals surface area (Å²) >= 11 is 0. The van der Waals surface area contributed by atoms with Crippen molar-refractivity contribution in [2.45, 2.75) is 51.7 Å². The van der Waals surface area contributed by atoms with Crippen LogP contribution in [0.4, 0.5) is 21.8 Å². The highest BCUT2D eigenvalue weighted by Crippen LogP contribution is 2.26. The minimum Gasteiger partial charge on any atom is -0.380 e. The van der Waals surface area contributed by atoms with Gasteiger partial charge in [0.1, 0.15) is 17.7 Å². The molecule has 1 unspecified atom stereocenters. The highest BCUT2D eigenvalue weighted by Gasteiger charge is 2.24. The summed E-state index contributed by atoms with van der Waals surface area (Å²) in [5, 5.41) is 17.2. The van der Waals surface area contributed by atoms with E-state index in [4.69, 9.17) is 4.98 Å². The van der Waals surface area contributed by atoms with Crippen molar-refractivity contribution in [1.82, 2.24) is 15.3 Å². The Morgan fingerprint density at radius 2 is 1.97 bits per heavy atom. The molecule has 1 aliphatic heterocycles. The van der Waals surface area contributed by atoms with E-state index >= 15 is 0 Å². The van der Waals surface area contributed by atoms with Crippen molar-refractivity contribution < 1.29 is 14.3 Å². The number of aryl methyl sites for hydroxylation is 1. The van der Waals surface area contributed by atoms with Crippen LogP contribution in [0.3, 0.4) is 0 Å². The fraction of sp³-hybridized carbons (Fsp3) is 0.393. The number of carbonyl (C=O) groups excluding carboxylic acids is 1. The van der Waals surface area contributed by atoms with Crippen LogP contribution in [0.25, 0.3) is 0 Å². The summed E-state index contributed by atoms with van der Waals surface area (Å²) in [6, 6.07) is 15.1. The molecule has 8 heteroatoms. The van der Waals surface area contributed by atoms with E-state index in [0.29, 0.717) is 23.2 Å². The Labute approximate surface area is 211 Å². The van der Waals surface area contributed by atoms with Gasteiger partial charge in [-0.3, -0.25) is 4.79 Å². The Hall–Kier alpha value is -3.36. The molecular formula is C28H34FN5O2. The third-order valence-corrected chi connectivity index (χ3v) is 6.36. The molecule has 2 heterocycles. The highest BCUT2D eigenvalue weighted by molar-refractivity contribution is 6.00. The summed E-state index contributed by atoms with van der Waals surface area (Å²) in [5.41, 5.74) is 1.63. The maximum atomic E-state index is 14.6. The summed E-state index contributed by atoms with van der Waals surface area (Å²) < 4.78 is 14.6. The van der Waals surface area contributed by atoms with E-state index in [1.807, 2.05) is 6.07 Å². The van der Waals surface area contributed by atoms with Gasteiger partial charge >= 0.3 is 0 Å². The average Bonchev–Trinajstić information content (AvgIpc) is 2.90. The van der Waals surface area contributed by atoms with Crippen LogP contribution in [0, 0.1) is 5.82 Å². The number of benzene rings is 2. The molecule has 0 aliphatic carbocycles. The fourth-order valence-electron chi connectivity index (χ4n) is 4.58. The van der Waals surface area contributed by atoms with Gasteiger partial charge in [-0.25, -0.2) is 9.37 Å². The zero-order valence-corrected chi connectivity index (χ0v) is 20.9. The van der Waals surface area contributed by atoms with E-state index in [1.54, 1.807) is 36.4 Å². The van der Waals surface area contributed by atoms with Crippen molar-refractivity contribution >= 4 is 23.2 Å². The molecule has 0 radical (unpaired) electrons. The number of piperidine rings is 1. The number of nitrogens with zero attached hydrogens (tertiary/aromatic N) is 3. The first-order chi connectivity index (χ1) is 17.5. The minimum absolute atomic E-state index is 0.189. The van der Waals surface area contributed by atoms with Gasteiger partial charge in [0, 0.05) is 36.6 Å². The summed E-state index contributed by atoms with van der Waals surface area (Å²) in [6.07, 6.45) is 2.54. The van der Waals surface area contributed by atoms with Gasteiger partial charge in [0.2, 0.25) is 5.95 Å². The maximum Gasteiger partial charge on any atom is 0.229 e. The van der Waals surface area contributed by atoms with E-state index in [-0.39, 0.29) is 5.56 Å². The molecule has 2 aromatic carbocycles. The Morgan fingerprint density at radius 3 is 2.72 bits per heavy atom. The number of halogens is 1. The molecule has 1 aliphatic rings. The third kappa shape index (κ3) is 6.25. The van der Waals surface area contributed by atoms with Crippen molar-refractivity contribution in [2.24, 2.45) is 0 Å². The zero-order chi connectivity index (χ0) is 25.5. The lowest BCUT2D eigenvalue weighted by Gasteiger charge is -2.34. The monoisotopic (exact) mass is 491 g/mol. The Morgan fingerprint density at radius 1 is 1.17 bits per heavy atom. The lowest BCUT2D eigenvalue weighted by Crippen LogP contribution is -2.46. The van der Waals surface area contributed by atoms with Crippen LogP contribution < -0.4 is 15.5 Å². The molecule has 0 spiro atoms. The summed E-state index contributed by atoms with van der Waals surface area (Å²) in [6.45, 7) is 6.96. The van der Waals surface area contributed by atoms with Crippen LogP contribution in [0.1, 0.15) is 60.8 Å². The van der Waals surface area contributed by atoms with Crippen LogP contribution in [0.2, 0.25) is 0 Å². The molecule has 1 fully saturated rings. The molecular weight excluding hydrogens is 457 g/mol. The summed E-state index contributed by atoms with van der Waals surface area (Å²) in [7, 11) is 0. The standard InChI is InChI=1S/C28H34FN5O2/c1-3-9-20-17-25(34-15-8-12-22(18-34)30-4-2)33-28(31-20)32-21-13-14-24(29)23(16-21)27(36)26(35)19-10-6-5-7-11-19/h5-7,10-11,13-14,16-17,22,26,30,35H,3-4,8-9,12,15,18H2,1-2H3,(H,31,32,33)/t22?,26-/m1/s1. The van der Waals surface area contributed by atoms with Gasteiger partial charge in [-0.05, 0) is 49.6 Å². The SMILES string of the molecule is CCCc1cc(N2CCCC(NCC)C2)nc(Nc2ccc(F)c(C(=O)[C@H](O)c3ccccc3)c2)n1. The normalized spacial score (nSPS) is 16.6. The third-order valence-electron chi connectivity index (χ3n) is 6.36. The predicted octanol–water partition coefficient (Wildman–Crippen LogP) is 4.81. The van der Waals surface area contributed by atoms with E-state index < -0.39 is 17.7 Å². The van der Waals surface area contributed by atoms with Gasteiger partial charge in [0.15, 0.2) is 5.78 Å². The second-order valence-electron chi connectivity index (χ2n) is 9.13. The number of ketones is 1. The van der Waals surface area contributed by atoms with E-state index in [0.717, 1.165) is 56.8 Å². The van der Waals surface area contributed by atoms with Gasteiger partial charge < -0.3 is 20.6 Å². The molecule has 1 aromatic heterocycles. The van der Waals surface area contributed by atoms with Crippen molar-refractivity contribution in [2.75, 3.05) is 29.9 Å². The molecule has 7 nitrogen and oxygen atoms in total. The van der Waals surface area contributed by atoms with Crippen LogP contribution in [-0.2, 0) is 6.42 Å². The number of aromatic nitrogens is 2. The van der Waals surface area contributed by atoms with Crippen molar-refractivity contribution in [3.8, 4) is 0 Å². The molecule has 190 valence electrons. The van der Waals surface area contributed by atoms with Crippen LogP contribution >= 0.6 is 0 Å².